The van der Waals surface area contributed by atoms with Crippen LogP contribution in [-0.2, 0) is 6.42 Å². The summed E-state index contributed by atoms with van der Waals surface area (Å²) in [6.45, 7) is 4.17. The van der Waals surface area contributed by atoms with Crippen LogP contribution in [0.1, 0.15) is 26.0 Å². The normalized spacial score (nSPS) is 13.5. The van der Waals surface area contributed by atoms with Gasteiger partial charge in [-0.2, -0.15) is 5.10 Å². The third kappa shape index (κ3) is 2.52. The van der Waals surface area contributed by atoms with Gasteiger partial charge in [0.25, 0.3) is 0 Å². The van der Waals surface area contributed by atoms with Gasteiger partial charge in [0.1, 0.15) is 0 Å². The second-order valence-electron chi connectivity index (χ2n) is 4.34. The van der Waals surface area contributed by atoms with E-state index in [0.717, 1.165) is 12.1 Å². The van der Waals surface area contributed by atoms with E-state index in [1.165, 1.54) is 4.63 Å². The molecule has 0 saturated carbocycles. The van der Waals surface area contributed by atoms with Crippen LogP contribution < -0.4 is 0 Å². The number of aliphatic hydroxyl groups is 1. The summed E-state index contributed by atoms with van der Waals surface area (Å²) in [6, 6.07) is 3.64. The molecule has 0 aromatic carbocycles. The molecule has 6 nitrogen and oxygen atoms in total. The van der Waals surface area contributed by atoms with Crippen LogP contribution in [-0.4, -0.2) is 36.5 Å². The number of rotatable bonds is 4. The molecule has 2 heterocycles. The van der Waals surface area contributed by atoms with E-state index in [-0.39, 0.29) is 6.10 Å². The van der Waals surface area contributed by atoms with E-state index in [1.54, 1.807) is 6.07 Å². The van der Waals surface area contributed by atoms with Gasteiger partial charge in [0.2, 0.25) is 0 Å². The van der Waals surface area contributed by atoms with Crippen molar-refractivity contribution in [1.82, 2.24) is 25.3 Å². The van der Waals surface area contributed by atoms with Gasteiger partial charge >= 0.3 is 0 Å². The fraction of sp³-hybridized carbons (Fsp3) is 0.600. The molecule has 2 aromatic rings. The molecule has 0 bridgehead atoms. The van der Waals surface area contributed by atoms with Crippen molar-refractivity contribution in [2.24, 2.45) is 5.92 Å². The van der Waals surface area contributed by atoms with Gasteiger partial charge in [-0.25, -0.2) is 0 Å². The maximum absolute atomic E-state index is 9.79. The lowest BCUT2D eigenvalue weighted by Crippen LogP contribution is -2.15. The topological polar surface area (TPSA) is 76.2 Å². The van der Waals surface area contributed by atoms with Crippen LogP contribution in [0.25, 0.3) is 5.65 Å². The van der Waals surface area contributed by atoms with Crippen molar-refractivity contribution in [1.29, 1.82) is 0 Å². The highest BCUT2D eigenvalue weighted by Gasteiger charge is 2.10. The first-order valence-electron chi connectivity index (χ1n) is 5.37. The lowest BCUT2D eigenvalue weighted by atomic mass is 10.0. The highest BCUT2D eigenvalue weighted by atomic mass is 16.3. The average Bonchev–Trinajstić information content (AvgIpc) is 2.63. The van der Waals surface area contributed by atoms with Crippen LogP contribution >= 0.6 is 0 Å². The van der Waals surface area contributed by atoms with E-state index in [4.69, 9.17) is 0 Å². The first kappa shape index (κ1) is 10.9. The van der Waals surface area contributed by atoms with Crippen LogP contribution in [0.3, 0.4) is 0 Å². The Morgan fingerprint density at radius 1 is 1.38 bits per heavy atom. The highest BCUT2D eigenvalue weighted by Crippen LogP contribution is 2.09. The fourth-order valence-electron chi connectivity index (χ4n) is 1.66. The molecule has 1 atom stereocenters. The third-order valence-corrected chi connectivity index (χ3v) is 2.31. The molecule has 16 heavy (non-hydrogen) atoms. The Labute approximate surface area is 93.3 Å². The summed E-state index contributed by atoms with van der Waals surface area (Å²) in [5.74, 6) is 0.478. The molecule has 0 aliphatic carbocycles. The summed E-state index contributed by atoms with van der Waals surface area (Å²) in [4.78, 5) is 0. The van der Waals surface area contributed by atoms with E-state index in [9.17, 15) is 5.11 Å². The maximum atomic E-state index is 9.79. The van der Waals surface area contributed by atoms with Crippen molar-refractivity contribution >= 4 is 5.65 Å². The molecule has 0 amide bonds. The van der Waals surface area contributed by atoms with Gasteiger partial charge in [-0.1, -0.05) is 13.8 Å². The van der Waals surface area contributed by atoms with Crippen molar-refractivity contribution in [2.45, 2.75) is 32.8 Å². The standard InChI is InChI=1S/C10H15N5O/c1-7(2)5-9(16)6-8-3-4-10-11-13-14-15(10)12-8/h3-4,7,9,16H,5-6H2,1-2H3. The molecule has 0 aliphatic heterocycles. The maximum Gasteiger partial charge on any atom is 0.199 e. The molecule has 86 valence electrons. The summed E-state index contributed by atoms with van der Waals surface area (Å²) < 4.78 is 1.37. The summed E-state index contributed by atoms with van der Waals surface area (Å²) in [5.41, 5.74) is 1.41. The zero-order chi connectivity index (χ0) is 11.5. The molecule has 0 radical (unpaired) electrons. The van der Waals surface area contributed by atoms with Gasteiger partial charge in [0, 0.05) is 6.42 Å². The summed E-state index contributed by atoms with van der Waals surface area (Å²) >= 11 is 0. The number of hydrogen-bond acceptors (Lipinski definition) is 5. The monoisotopic (exact) mass is 221 g/mol. The molecular formula is C10H15N5O. The van der Waals surface area contributed by atoms with Gasteiger partial charge in [-0.3, -0.25) is 0 Å². The third-order valence-electron chi connectivity index (χ3n) is 2.31. The van der Waals surface area contributed by atoms with Crippen molar-refractivity contribution in [3.05, 3.63) is 17.8 Å². The lowest BCUT2D eigenvalue weighted by Gasteiger charge is -2.11. The van der Waals surface area contributed by atoms with Gasteiger partial charge in [0.05, 0.1) is 11.8 Å². The fourth-order valence-corrected chi connectivity index (χ4v) is 1.66. The van der Waals surface area contributed by atoms with Crippen molar-refractivity contribution in [3.63, 3.8) is 0 Å². The van der Waals surface area contributed by atoms with Gasteiger partial charge in [0.15, 0.2) is 5.65 Å². The molecule has 0 spiro atoms. The Hall–Kier alpha value is -1.56. The minimum atomic E-state index is -0.360. The van der Waals surface area contributed by atoms with Crippen molar-refractivity contribution in [2.75, 3.05) is 0 Å². The Bertz CT molecular complexity index is 467. The Morgan fingerprint density at radius 2 is 2.19 bits per heavy atom. The zero-order valence-electron chi connectivity index (χ0n) is 9.41. The molecule has 2 aromatic heterocycles. The minimum Gasteiger partial charge on any atom is -0.393 e. The van der Waals surface area contributed by atoms with Crippen LogP contribution in [0.2, 0.25) is 0 Å². The second kappa shape index (κ2) is 4.52. The summed E-state index contributed by atoms with van der Waals surface area (Å²) in [7, 11) is 0. The molecule has 0 fully saturated rings. The van der Waals surface area contributed by atoms with E-state index in [2.05, 4.69) is 34.5 Å². The largest absolute Gasteiger partial charge is 0.393 e. The number of fused-ring (bicyclic) bond motifs is 1. The van der Waals surface area contributed by atoms with Crippen LogP contribution in [0.5, 0.6) is 0 Å². The van der Waals surface area contributed by atoms with Crippen LogP contribution in [0, 0.1) is 5.92 Å². The minimum absolute atomic E-state index is 0.360. The molecule has 0 aliphatic rings. The predicted molar refractivity (Wildman–Crippen MR) is 57.7 cm³/mol. The van der Waals surface area contributed by atoms with Gasteiger partial charge < -0.3 is 5.11 Å². The first-order valence-corrected chi connectivity index (χ1v) is 5.37. The summed E-state index contributed by atoms with van der Waals surface area (Å²) in [5, 5.41) is 25.0. The van der Waals surface area contributed by atoms with E-state index >= 15 is 0 Å². The average molecular weight is 221 g/mol. The molecule has 1 unspecified atom stereocenters. The van der Waals surface area contributed by atoms with E-state index in [1.807, 2.05) is 6.07 Å². The Morgan fingerprint density at radius 3 is 2.94 bits per heavy atom. The Balaban J connectivity index is 2.08. The summed E-state index contributed by atoms with van der Waals surface area (Å²) in [6.07, 6.45) is 0.949. The van der Waals surface area contributed by atoms with Crippen molar-refractivity contribution < 1.29 is 5.11 Å². The van der Waals surface area contributed by atoms with Crippen molar-refractivity contribution in [3.8, 4) is 0 Å². The predicted octanol–water partition coefficient (Wildman–Crippen LogP) is 0.469. The lowest BCUT2D eigenvalue weighted by molar-refractivity contribution is 0.147. The van der Waals surface area contributed by atoms with E-state index in [0.29, 0.717) is 18.0 Å². The van der Waals surface area contributed by atoms with Gasteiger partial charge in [-0.05, 0) is 34.9 Å². The molecular weight excluding hydrogens is 206 g/mol. The number of aromatic nitrogens is 5. The smallest absolute Gasteiger partial charge is 0.199 e. The molecule has 6 heteroatoms. The highest BCUT2D eigenvalue weighted by molar-refractivity contribution is 5.32. The van der Waals surface area contributed by atoms with Gasteiger partial charge in [-0.15, -0.1) is 9.73 Å². The quantitative estimate of drug-likeness (QED) is 0.812. The Kier molecular flexibility index (Phi) is 3.09. The molecule has 2 rings (SSSR count). The number of hydrogen-bond donors (Lipinski definition) is 1. The number of nitrogens with zero attached hydrogens (tertiary/aromatic N) is 5. The number of aliphatic hydroxyl groups excluding tert-OH is 1. The zero-order valence-corrected chi connectivity index (χ0v) is 9.41. The SMILES string of the molecule is CC(C)CC(O)Cc1ccc2nnnn2n1. The molecule has 1 N–H and O–H groups in total. The second-order valence-corrected chi connectivity index (χ2v) is 4.34. The number of tetrazole rings is 1. The van der Waals surface area contributed by atoms with E-state index < -0.39 is 0 Å². The first-order chi connectivity index (χ1) is 7.65. The van der Waals surface area contributed by atoms with Crippen LogP contribution in [0.4, 0.5) is 0 Å². The molecule has 0 saturated heterocycles. The van der Waals surface area contributed by atoms with Crippen LogP contribution in [0.15, 0.2) is 12.1 Å².